The Morgan fingerprint density at radius 2 is 2.18 bits per heavy atom. The molecule has 5 atom stereocenters. The molecule has 14 nitrogen and oxygen atoms in total. The van der Waals surface area contributed by atoms with Gasteiger partial charge in [-0.25, -0.2) is 9.55 Å². The van der Waals surface area contributed by atoms with E-state index in [1.165, 1.54) is 18.0 Å². The van der Waals surface area contributed by atoms with Crippen LogP contribution in [-0.4, -0.2) is 72.7 Å². The largest absolute Gasteiger partial charge is 0.470 e. The molecule has 0 saturated carbocycles. The standard InChI is InChI=1S/C13H20N5O9P/c1-5(24-2)25-9-8(27-28(21,22)23)6(3-19)26-12(9)18-4-15-7-10(18)16-13(14)17-11(7)20/h4-6,8-9,12,19H,3H2,1-2H3,(H2,21,22,23)(H3,14,16,17,20)/t5?,6-,8-,9-,12-/m1/s1. The van der Waals surface area contributed by atoms with E-state index in [1.807, 2.05) is 0 Å². The van der Waals surface area contributed by atoms with E-state index in [9.17, 15) is 24.3 Å². The van der Waals surface area contributed by atoms with Gasteiger partial charge in [0.1, 0.15) is 18.3 Å². The molecule has 15 heteroatoms. The highest BCUT2D eigenvalue weighted by Gasteiger charge is 2.50. The Hall–Kier alpha value is -1.90. The van der Waals surface area contributed by atoms with Crippen LogP contribution in [0.5, 0.6) is 0 Å². The van der Waals surface area contributed by atoms with Gasteiger partial charge in [-0.1, -0.05) is 0 Å². The van der Waals surface area contributed by atoms with Crippen LogP contribution < -0.4 is 11.3 Å². The Kier molecular flexibility index (Phi) is 5.84. The van der Waals surface area contributed by atoms with Crippen molar-refractivity contribution in [3.8, 4) is 0 Å². The van der Waals surface area contributed by atoms with Gasteiger partial charge in [0.25, 0.3) is 5.56 Å². The molecule has 1 fully saturated rings. The normalized spacial score (nSPS) is 26.8. The minimum atomic E-state index is -4.95. The Morgan fingerprint density at radius 3 is 2.79 bits per heavy atom. The molecule has 0 aromatic carbocycles. The molecule has 156 valence electrons. The number of aliphatic hydroxyl groups is 1. The fraction of sp³-hybridized carbons (Fsp3) is 0.615. The van der Waals surface area contributed by atoms with Gasteiger partial charge in [0, 0.05) is 7.11 Å². The van der Waals surface area contributed by atoms with Crippen molar-refractivity contribution in [3.05, 3.63) is 16.7 Å². The monoisotopic (exact) mass is 421 g/mol. The second-order valence-corrected chi connectivity index (χ2v) is 7.18. The number of aromatic nitrogens is 4. The van der Waals surface area contributed by atoms with Gasteiger partial charge in [0.05, 0.1) is 12.9 Å². The summed E-state index contributed by atoms with van der Waals surface area (Å²) < 4.78 is 33.9. The molecule has 0 radical (unpaired) electrons. The number of aromatic amines is 1. The lowest BCUT2D eigenvalue weighted by atomic mass is 10.1. The molecule has 0 spiro atoms. The maximum Gasteiger partial charge on any atom is 0.470 e. The van der Waals surface area contributed by atoms with E-state index >= 15 is 0 Å². The SMILES string of the molecule is COC(C)O[C@@H]1[C@H](OP(=O)(O)O)[C@@H](CO)O[C@H]1n1cnc2c(=O)[nH]c(N)nc21. The number of fused-ring (bicyclic) bond motifs is 1. The van der Waals surface area contributed by atoms with Crippen molar-refractivity contribution in [1.29, 1.82) is 0 Å². The third-order valence-electron chi connectivity index (χ3n) is 4.13. The van der Waals surface area contributed by atoms with Gasteiger partial charge in [-0.15, -0.1) is 0 Å². The molecule has 3 rings (SSSR count). The number of nitrogens with zero attached hydrogens (tertiary/aromatic N) is 3. The van der Waals surface area contributed by atoms with E-state index in [1.54, 1.807) is 6.92 Å². The van der Waals surface area contributed by atoms with Crippen molar-refractivity contribution in [2.24, 2.45) is 0 Å². The van der Waals surface area contributed by atoms with Crippen LogP contribution in [-0.2, 0) is 23.3 Å². The number of hydrogen-bond acceptors (Lipinski definition) is 10. The minimum absolute atomic E-state index is 0.0313. The first-order chi connectivity index (χ1) is 13.1. The zero-order valence-electron chi connectivity index (χ0n) is 14.8. The number of imidazole rings is 1. The van der Waals surface area contributed by atoms with Crippen molar-refractivity contribution >= 4 is 24.9 Å². The van der Waals surface area contributed by atoms with Gasteiger partial charge >= 0.3 is 7.82 Å². The van der Waals surface area contributed by atoms with Crippen molar-refractivity contribution in [2.75, 3.05) is 19.5 Å². The van der Waals surface area contributed by atoms with E-state index in [0.717, 1.165) is 0 Å². The fourth-order valence-electron chi connectivity index (χ4n) is 2.92. The maximum absolute atomic E-state index is 12.0. The Balaban J connectivity index is 2.07. The Labute approximate surface area is 157 Å². The number of nitrogens with one attached hydrogen (secondary N) is 1. The number of anilines is 1. The molecule has 2 aromatic heterocycles. The average molecular weight is 421 g/mol. The molecule has 1 aliphatic rings. The first kappa shape index (κ1) is 20.8. The molecule has 6 N–H and O–H groups in total. The van der Waals surface area contributed by atoms with E-state index < -0.39 is 50.8 Å². The molecule has 2 aromatic rings. The van der Waals surface area contributed by atoms with Crippen LogP contribution in [0.1, 0.15) is 13.2 Å². The molecule has 1 aliphatic heterocycles. The second-order valence-electron chi connectivity index (χ2n) is 5.99. The lowest BCUT2D eigenvalue weighted by Gasteiger charge is -2.27. The topological polar surface area (TPSA) is 204 Å². The van der Waals surface area contributed by atoms with Gasteiger partial charge in [0.2, 0.25) is 5.95 Å². The Bertz CT molecular complexity index is 942. The van der Waals surface area contributed by atoms with Gasteiger partial charge in [-0.05, 0) is 6.92 Å². The summed E-state index contributed by atoms with van der Waals surface area (Å²) in [5.74, 6) is -0.165. The number of H-pyrrole nitrogens is 1. The number of hydrogen-bond donors (Lipinski definition) is 5. The summed E-state index contributed by atoms with van der Waals surface area (Å²) in [6, 6.07) is 0. The predicted molar refractivity (Wildman–Crippen MR) is 91.8 cm³/mol. The first-order valence-electron chi connectivity index (χ1n) is 8.05. The highest BCUT2D eigenvalue weighted by molar-refractivity contribution is 7.46. The number of phosphoric acid groups is 1. The second kappa shape index (κ2) is 7.85. The number of ether oxygens (including phenoxy) is 3. The van der Waals surface area contributed by atoms with Crippen molar-refractivity contribution in [3.63, 3.8) is 0 Å². The van der Waals surface area contributed by atoms with Gasteiger partial charge in [-0.3, -0.25) is 18.9 Å². The summed E-state index contributed by atoms with van der Waals surface area (Å²) in [4.78, 5) is 40.8. The van der Waals surface area contributed by atoms with Gasteiger partial charge in [0.15, 0.2) is 23.7 Å². The number of aliphatic hydroxyl groups excluding tert-OH is 1. The highest BCUT2D eigenvalue weighted by Crippen LogP contribution is 2.45. The molecule has 1 unspecified atom stereocenters. The number of nitrogen functional groups attached to an aromatic ring is 1. The molecular weight excluding hydrogens is 401 g/mol. The van der Waals surface area contributed by atoms with Crippen LogP contribution in [0, 0.1) is 0 Å². The van der Waals surface area contributed by atoms with E-state index in [2.05, 4.69) is 15.0 Å². The quantitative estimate of drug-likeness (QED) is 0.254. The van der Waals surface area contributed by atoms with Gasteiger partial charge in [-0.2, -0.15) is 4.98 Å². The van der Waals surface area contributed by atoms with Crippen molar-refractivity contribution in [1.82, 2.24) is 19.5 Å². The summed E-state index contributed by atoms with van der Waals surface area (Å²) >= 11 is 0. The van der Waals surface area contributed by atoms with Crippen molar-refractivity contribution < 1.29 is 38.2 Å². The molecule has 0 amide bonds. The Morgan fingerprint density at radius 1 is 1.46 bits per heavy atom. The smallest absolute Gasteiger partial charge is 0.394 e. The zero-order chi connectivity index (χ0) is 20.6. The number of methoxy groups -OCH3 is 1. The third-order valence-corrected chi connectivity index (χ3v) is 4.65. The van der Waals surface area contributed by atoms with Crippen LogP contribution in [0.25, 0.3) is 11.2 Å². The summed E-state index contributed by atoms with van der Waals surface area (Å²) in [7, 11) is -3.58. The minimum Gasteiger partial charge on any atom is -0.394 e. The average Bonchev–Trinajstić information content (AvgIpc) is 3.15. The van der Waals surface area contributed by atoms with E-state index in [0.29, 0.717) is 0 Å². The van der Waals surface area contributed by atoms with Crippen molar-refractivity contribution in [2.45, 2.75) is 37.8 Å². The summed E-state index contributed by atoms with van der Waals surface area (Å²) in [5, 5.41) is 9.60. The molecular formula is C13H20N5O9P. The third kappa shape index (κ3) is 4.09. The van der Waals surface area contributed by atoms with Crippen LogP contribution in [0.2, 0.25) is 0 Å². The van der Waals surface area contributed by atoms with E-state index in [-0.39, 0.29) is 17.1 Å². The lowest BCUT2D eigenvalue weighted by Crippen LogP contribution is -2.39. The number of phosphoric ester groups is 1. The van der Waals surface area contributed by atoms with Crippen LogP contribution in [0.3, 0.4) is 0 Å². The van der Waals surface area contributed by atoms with Crippen LogP contribution >= 0.6 is 7.82 Å². The molecule has 28 heavy (non-hydrogen) atoms. The highest BCUT2D eigenvalue weighted by atomic mass is 31.2. The summed E-state index contributed by atoms with van der Waals surface area (Å²) in [6.45, 7) is 0.927. The van der Waals surface area contributed by atoms with Gasteiger partial charge < -0.3 is 34.8 Å². The van der Waals surface area contributed by atoms with Crippen LogP contribution in [0.15, 0.2) is 11.1 Å². The van der Waals surface area contributed by atoms with E-state index in [4.69, 9.17) is 24.5 Å². The summed E-state index contributed by atoms with van der Waals surface area (Å²) in [5.41, 5.74) is 5.03. The van der Waals surface area contributed by atoms with Crippen LogP contribution in [0.4, 0.5) is 5.95 Å². The lowest BCUT2D eigenvalue weighted by molar-refractivity contribution is -0.180. The maximum atomic E-state index is 12.0. The molecule has 0 aliphatic carbocycles. The molecule has 1 saturated heterocycles. The number of rotatable bonds is 7. The number of nitrogens with two attached hydrogens (primary N) is 1. The summed E-state index contributed by atoms with van der Waals surface area (Å²) in [6.07, 6.45) is -4.34. The predicted octanol–water partition coefficient (Wildman–Crippen LogP) is -1.55. The molecule has 3 heterocycles. The fourth-order valence-corrected chi connectivity index (χ4v) is 3.49. The molecule has 0 bridgehead atoms. The zero-order valence-corrected chi connectivity index (χ0v) is 15.7. The first-order valence-corrected chi connectivity index (χ1v) is 9.58.